The number of rotatable bonds is 6. The van der Waals surface area contributed by atoms with E-state index in [1.54, 1.807) is 24.3 Å². The lowest BCUT2D eigenvalue weighted by atomic mass is 10.1. The minimum atomic E-state index is -4.05. The summed E-state index contributed by atoms with van der Waals surface area (Å²) in [5.41, 5.74) is 0.459. The molecule has 1 aliphatic heterocycles. The van der Waals surface area contributed by atoms with Crippen LogP contribution in [-0.4, -0.2) is 37.6 Å². The zero-order chi connectivity index (χ0) is 20.5. The van der Waals surface area contributed by atoms with Crippen LogP contribution in [-0.2, 0) is 14.8 Å². The number of fused-ring (bicyclic) bond motifs is 1. The van der Waals surface area contributed by atoms with Crippen LogP contribution in [0.1, 0.15) is 33.6 Å². The number of primary sulfonamides is 1. The molecule has 3 N–H and O–H groups in total. The maximum absolute atomic E-state index is 13.9. The van der Waals surface area contributed by atoms with E-state index >= 15 is 0 Å². The molecule has 0 saturated carbocycles. The first-order valence-electron chi connectivity index (χ1n) is 8.26. The molecule has 0 aliphatic carbocycles. The third kappa shape index (κ3) is 3.92. The van der Waals surface area contributed by atoms with Gasteiger partial charge in [-0.15, -0.1) is 0 Å². The molecular weight excluding hydrogens is 389 g/mol. The van der Waals surface area contributed by atoms with Gasteiger partial charge in [-0.05, 0) is 36.8 Å². The zero-order valence-electron chi connectivity index (χ0n) is 14.5. The van der Waals surface area contributed by atoms with Crippen molar-refractivity contribution >= 4 is 33.4 Å². The Morgan fingerprint density at radius 3 is 2.21 bits per heavy atom. The van der Waals surface area contributed by atoms with Crippen molar-refractivity contribution in [3.8, 4) is 0 Å². The van der Waals surface area contributed by atoms with E-state index in [1.807, 2.05) is 0 Å². The Kier molecular flexibility index (Phi) is 5.25. The third-order valence-corrected chi connectivity index (χ3v) is 5.12. The number of hydrogen-bond acceptors (Lipinski definition) is 5. The smallest absolute Gasteiger partial charge is 0.261 e. The van der Waals surface area contributed by atoms with Crippen molar-refractivity contribution in [1.82, 2.24) is 4.90 Å². The Hall–Kier alpha value is -3.11. The molecule has 1 heterocycles. The first-order chi connectivity index (χ1) is 13.2. The molecule has 0 atom stereocenters. The summed E-state index contributed by atoms with van der Waals surface area (Å²) in [5.74, 6) is -2.31. The standard InChI is InChI=1S/C18H16FN3O5S/c19-14-10-11(28(20,26)27)7-8-15(14)21-16(23)6-3-9-22-17(24)12-4-1-2-5-13(12)18(22)25/h1-2,4-5,7-8,10H,3,6,9H2,(H,21,23)(H2,20,26,27). The molecule has 2 aromatic carbocycles. The Balaban J connectivity index is 1.56. The van der Waals surface area contributed by atoms with Crippen molar-refractivity contribution in [3.05, 3.63) is 59.4 Å². The van der Waals surface area contributed by atoms with E-state index in [1.165, 1.54) is 0 Å². The predicted octanol–water partition coefficient (Wildman–Crippen LogP) is 1.49. The number of benzene rings is 2. The third-order valence-electron chi connectivity index (χ3n) is 4.21. The molecule has 0 radical (unpaired) electrons. The van der Waals surface area contributed by atoms with Crippen LogP contribution in [0, 0.1) is 5.82 Å². The highest BCUT2D eigenvalue weighted by atomic mass is 32.2. The van der Waals surface area contributed by atoms with E-state index in [2.05, 4.69) is 5.32 Å². The van der Waals surface area contributed by atoms with E-state index in [0.717, 1.165) is 17.0 Å². The number of hydrogen-bond donors (Lipinski definition) is 2. The van der Waals surface area contributed by atoms with Crippen LogP contribution in [0.15, 0.2) is 47.4 Å². The van der Waals surface area contributed by atoms with E-state index in [0.29, 0.717) is 17.2 Å². The van der Waals surface area contributed by atoms with Crippen molar-refractivity contribution in [3.63, 3.8) is 0 Å². The second kappa shape index (κ2) is 7.49. The van der Waals surface area contributed by atoms with Gasteiger partial charge in [0.25, 0.3) is 11.8 Å². The number of nitrogens with zero attached hydrogens (tertiary/aromatic N) is 1. The SMILES string of the molecule is NS(=O)(=O)c1ccc(NC(=O)CCCN2C(=O)c3ccccc3C2=O)c(F)c1. The van der Waals surface area contributed by atoms with Gasteiger partial charge in [0.1, 0.15) is 5.82 Å². The summed E-state index contributed by atoms with van der Waals surface area (Å²) in [6.45, 7) is 0.0482. The van der Waals surface area contributed by atoms with Crippen molar-refractivity contribution < 1.29 is 27.2 Å². The molecule has 3 rings (SSSR count). The molecule has 0 bridgehead atoms. The Morgan fingerprint density at radius 2 is 1.68 bits per heavy atom. The van der Waals surface area contributed by atoms with Gasteiger partial charge in [-0.3, -0.25) is 19.3 Å². The van der Waals surface area contributed by atoms with Gasteiger partial charge in [-0.2, -0.15) is 0 Å². The highest BCUT2D eigenvalue weighted by molar-refractivity contribution is 7.89. The van der Waals surface area contributed by atoms with Gasteiger partial charge in [0, 0.05) is 13.0 Å². The summed E-state index contributed by atoms with van der Waals surface area (Å²) in [4.78, 5) is 37.1. The minimum Gasteiger partial charge on any atom is -0.324 e. The van der Waals surface area contributed by atoms with Crippen LogP contribution in [0.5, 0.6) is 0 Å². The van der Waals surface area contributed by atoms with Gasteiger partial charge < -0.3 is 5.32 Å². The lowest BCUT2D eigenvalue weighted by Gasteiger charge is -2.13. The number of halogens is 1. The van der Waals surface area contributed by atoms with Crippen LogP contribution in [0.3, 0.4) is 0 Å². The van der Waals surface area contributed by atoms with Crippen LogP contribution >= 0.6 is 0 Å². The van der Waals surface area contributed by atoms with E-state index in [9.17, 15) is 27.2 Å². The summed E-state index contributed by atoms with van der Waals surface area (Å²) in [5, 5.41) is 7.23. The summed E-state index contributed by atoms with van der Waals surface area (Å²) in [6, 6.07) is 9.34. The maximum atomic E-state index is 13.9. The highest BCUT2D eigenvalue weighted by Gasteiger charge is 2.34. The predicted molar refractivity (Wildman–Crippen MR) is 97.4 cm³/mol. The molecular formula is C18H16FN3O5S. The molecule has 0 saturated heterocycles. The fraction of sp³-hybridized carbons (Fsp3) is 0.167. The molecule has 10 heteroatoms. The average molecular weight is 405 g/mol. The first-order valence-corrected chi connectivity index (χ1v) is 9.80. The lowest BCUT2D eigenvalue weighted by Crippen LogP contribution is -2.31. The van der Waals surface area contributed by atoms with Crippen LogP contribution in [0.4, 0.5) is 10.1 Å². The van der Waals surface area contributed by atoms with Gasteiger partial charge >= 0.3 is 0 Å². The molecule has 0 fully saturated rings. The highest BCUT2D eigenvalue weighted by Crippen LogP contribution is 2.23. The van der Waals surface area contributed by atoms with Crippen molar-refractivity contribution in [2.45, 2.75) is 17.7 Å². The molecule has 3 amide bonds. The van der Waals surface area contributed by atoms with Crippen molar-refractivity contribution in [1.29, 1.82) is 0 Å². The minimum absolute atomic E-state index is 0.0482. The number of nitrogens with two attached hydrogens (primary N) is 1. The fourth-order valence-corrected chi connectivity index (χ4v) is 3.35. The normalized spacial score (nSPS) is 13.6. The molecule has 1 aliphatic rings. The van der Waals surface area contributed by atoms with Crippen molar-refractivity contribution in [2.75, 3.05) is 11.9 Å². The van der Waals surface area contributed by atoms with Gasteiger partial charge in [-0.1, -0.05) is 12.1 Å². The number of carbonyl (C=O) groups excluding carboxylic acids is 3. The van der Waals surface area contributed by atoms with Crippen LogP contribution in [0.2, 0.25) is 0 Å². The van der Waals surface area contributed by atoms with Gasteiger partial charge in [0.2, 0.25) is 15.9 Å². The second-order valence-corrected chi connectivity index (χ2v) is 7.71. The molecule has 0 spiro atoms. The number of sulfonamides is 1. The zero-order valence-corrected chi connectivity index (χ0v) is 15.3. The van der Waals surface area contributed by atoms with E-state index < -0.39 is 38.5 Å². The molecule has 28 heavy (non-hydrogen) atoms. The second-order valence-electron chi connectivity index (χ2n) is 6.15. The number of carbonyl (C=O) groups is 3. The summed E-state index contributed by atoms with van der Waals surface area (Å²) in [7, 11) is -4.05. The summed E-state index contributed by atoms with van der Waals surface area (Å²) < 4.78 is 36.3. The largest absolute Gasteiger partial charge is 0.324 e. The average Bonchev–Trinajstić information content (AvgIpc) is 2.88. The number of imide groups is 1. The molecule has 0 unspecified atom stereocenters. The molecule has 146 valence electrons. The van der Waals surface area contributed by atoms with E-state index in [-0.39, 0.29) is 25.1 Å². The number of amides is 3. The number of nitrogens with one attached hydrogen (secondary N) is 1. The van der Waals surface area contributed by atoms with Gasteiger partial charge in [0.05, 0.1) is 21.7 Å². The number of anilines is 1. The first kappa shape index (κ1) is 19.6. The fourth-order valence-electron chi connectivity index (χ4n) is 2.83. The Labute approximate surface area is 160 Å². The molecule has 2 aromatic rings. The van der Waals surface area contributed by atoms with Crippen LogP contribution < -0.4 is 10.5 Å². The summed E-state index contributed by atoms with van der Waals surface area (Å²) in [6.07, 6.45) is 0.123. The van der Waals surface area contributed by atoms with Gasteiger partial charge in [0.15, 0.2) is 0 Å². The lowest BCUT2D eigenvalue weighted by molar-refractivity contribution is -0.116. The maximum Gasteiger partial charge on any atom is 0.261 e. The Bertz CT molecular complexity index is 1050. The van der Waals surface area contributed by atoms with E-state index in [4.69, 9.17) is 5.14 Å². The van der Waals surface area contributed by atoms with Gasteiger partial charge in [-0.25, -0.2) is 17.9 Å². The topological polar surface area (TPSA) is 127 Å². The molecule has 8 nitrogen and oxygen atoms in total. The van der Waals surface area contributed by atoms with Crippen molar-refractivity contribution in [2.24, 2.45) is 5.14 Å². The molecule has 0 aromatic heterocycles. The quantitative estimate of drug-likeness (QED) is 0.704. The van der Waals surface area contributed by atoms with Crippen LogP contribution in [0.25, 0.3) is 0 Å². The summed E-state index contributed by atoms with van der Waals surface area (Å²) >= 11 is 0. The Morgan fingerprint density at radius 1 is 1.07 bits per heavy atom. The monoisotopic (exact) mass is 405 g/mol.